The van der Waals surface area contributed by atoms with Gasteiger partial charge < -0.3 is 4.74 Å². The average molecular weight is 417 g/mol. The Hall–Kier alpha value is -2.34. The molecule has 0 N–H and O–H groups in total. The minimum Gasteiger partial charge on any atom is -0.469 e. The number of carbonyl (C=O) groups is 2. The number of carbonyl (C=O) groups excluding carboxylic acids is 2. The minimum absolute atomic E-state index is 0.0160. The quantitative estimate of drug-likeness (QED) is 0.682. The molecular formula is C20H21BrN2O3. The molecule has 26 heavy (non-hydrogen) atoms. The maximum atomic E-state index is 12.9. The lowest BCUT2D eigenvalue weighted by atomic mass is 10.1. The van der Waals surface area contributed by atoms with Crippen LogP contribution in [0.5, 0.6) is 0 Å². The van der Waals surface area contributed by atoms with Crippen LogP contribution in [-0.2, 0) is 16.0 Å². The largest absolute Gasteiger partial charge is 0.469 e. The van der Waals surface area contributed by atoms with Crippen LogP contribution in [0, 0.1) is 6.92 Å². The van der Waals surface area contributed by atoms with E-state index in [0.29, 0.717) is 25.9 Å². The molecule has 0 radical (unpaired) electrons. The molecule has 5 nitrogen and oxygen atoms in total. The summed E-state index contributed by atoms with van der Waals surface area (Å²) in [5, 5.41) is 0. The lowest BCUT2D eigenvalue weighted by Gasteiger charge is -2.20. The van der Waals surface area contributed by atoms with E-state index in [2.05, 4.69) is 20.7 Å². The van der Waals surface area contributed by atoms with Gasteiger partial charge in [0.05, 0.1) is 7.11 Å². The zero-order valence-corrected chi connectivity index (χ0v) is 16.5. The fourth-order valence-corrected chi connectivity index (χ4v) is 3.59. The van der Waals surface area contributed by atoms with Gasteiger partial charge >= 0.3 is 12.0 Å². The van der Waals surface area contributed by atoms with Crippen molar-refractivity contribution >= 4 is 39.3 Å². The van der Waals surface area contributed by atoms with E-state index in [1.165, 1.54) is 7.11 Å². The van der Waals surface area contributed by atoms with Crippen molar-refractivity contribution in [2.45, 2.75) is 19.8 Å². The lowest BCUT2D eigenvalue weighted by Crippen LogP contribution is -2.32. The molecule has 6 heteroatoms. The predicted octanol–water partition coefficient (Wildman–Crippen LogP) is 4.31. The van der Waals surface area contributed by atoms with Gasteiger partial charge in [0, 0.05) is 35.4 Å². The molecule has 0 saturated carbocycles. The topological polar surface area (TPSA) is 49.9 Å². The summed E-state index contributed by atoms with van der Waals surface area (Å²) in [6.45, 7) is 3.31. The summed E-state index contributed by atoms with van der Waals surface area (Å²) < 4.78 is 5.67. The molecule has 0 aromatic heterocycles. The van der Waals surface area contributed by atoms with Crippen molar-refractivity contribution in [3.05, 3.63) is 58.1 Å². The summed E-state index contributed by atoms with van der Waals surface area (Å²) in [7, 11) is 1.39. The first kappa shape index (κ1) is 18.5. The van der Waals surface area contributed by atoms with E-state index in [1.807, 2.05) is 54.3 Å². The first-order chi connectivity index (χ1) is 12.5. The maximum absolute atomic E-state index is 12.9. The van der Waals surface area contributed by atoms with E-state index in [9.17, 15) is 9.59 Å². The second-order valence-corrected chi connectivity index (χ2v) is 7.17. The summed E-state index contributed by atoms with van der Waals surface area (Å²) >= 11 is 3.46. The van der Waals surface area contributed by atoms with Crippen molar-refractivity contribution in [3.8, 4) is 0 Å². The zero-order chi connectivity index (χ0) is 18.7. The first-order valence-corrected chi connectivity index (χ1v) is 9.30. The number of rotatable bonds is 5. The molecule has 1 aliphatic rings. The summed E-state index contributed by atoms with van der Waals surface area (Å²) in [4.78, 5) is 27.7. The van der Waals surface area contributed by atoms with Crippen LogP contribution in [0.25, 0.3) is 0 Å². The second-order valence-electron chi connectivity index (χ2n) is 6.26. The third kappa shape index (κ3) is 3.90. The zero-order valence-electron chi connectivity index (χ0n) is 14.9. The third-order valence-corrected chi connectivity index (χ3v) is 5.05. The molecule has 2 amide bonds. The highest BCUT2D eigenvalue weighted by Crippen LogP contribution is 2.29. The number of ether oxygens (including phenoxy) is 1. The van der Waals surface area contributed by atoms with Gasteiger partial charge in [-0.05, 0) is 54.8 Å². The number of hydrogen-bond donors (Lipinski definition) is 0. The van der Waals surface area contributed by atoms with Crippen molar-refractivity contribution < 1.29 is 14.3 Å². The molecule has 3 rings (SSSR count). The molecule has 0 aliphatic carbocycles. The Morgan fingerprint density at radius 1 is 1.12 bits per heavy atom. The van der Waals surface area contributed by atoms with Crippen molar-refractivity contribution in [2.75, 3.05) is 30.0 Å². The Balaban J connectivity index is 1.71. The van der Waals surface area contributed by atoms with E-state index in [0.717, 1.165) is 27.0 Å². The van der Waals surface area contributed by atoms with E-state index < -0.39 is 0 Å². The van der Waals surface area contributed by atoms with Crippen LogP contribution >= 0.6 is 15.9 Å². The number of benzene rings is 2. The molecule has 2 aromatic carbocycles. The van der Waals surface area contributed by atoms with Crippen molar-refractivity contribution in [1.29, 1.82) is 0 Å². The van der Waals surface area contributed by atoms with E-state index in [4.69, 9.17) is 0 Å². The van der Waals surface area contributed by atoms with E-state index in [1.54, 1.807) is 4.90 Å². The highest BCUT2D eigenvalue weighted by Gasteiger charge is 2.31. The minimum atomic E-state index is -0.218. The molecule has 1 heterocycles. The summed E-state index contributed by atoms with van der Waals surface area (Å²) in [6.07, 6.45) is 0.986. The standard InChI is InChI=1S/C20H21BrN2O3/c1-14-13-16(21)6-9-18(14)23-12-11-22(20(23)25)17-7-3-15(4-8-17)5-10-19(24)26-2/h3-4,6-9,13H,5,10-12H2,1-2H3. The number of esters is 1. The van der Waals surface area contributed by atoms with Gasteiger partial charge in [0.25, 0.3) is 0 Å². The molecule has 0 bridgehead atoms. The Morgan fingerprint density at radius 2 is 1.81 bits per heavy atom. The molecule has 0 atom stereocenters. The Bertz CT molecular complexity index is 820. The van der Waals surface area contributed by atoms with Gasteiger partial charge in [0.1, 0.15) is 0 Å². The lowest BCUT2D eigenvalue weighted by molar-refractivity contribution is -0.140. The predicted molar refractivity (Wildman–Crippen MR) is 106 cm³/mol. The van der Waals surface area contributed by atoms with Crippen LogP contribution < -0.4 is 9.80 Å². The SMILES string of the molecule is COC(=O)CCc1ccc(N2CCN(c3ccc(Br)cc3C)C2=O)cc1. The number of methoxy groups -OCH3 is 1. The van der Waals surface area contributed by atoms with Gasteiger partial charge in [0.15, 0.2) is 0 Å². The maximum Gasteiger partial charge on any atom is 0.329 e. The van der Waals surface area contributed by atoms with Gasteiger partial charge in [-0.1, -0.05) is 28.1 Å². The van der Waals surface area contributed by atoms with E-state index >= 15 is 0 Å². The highest BCUT2D eigenvalue weighted by molar-refractivity contribution is 9.10. The number of amides is 2. The monoisotopic (exact) mass is 416 g/mol. The Kier molecular flexibility index (Phi) is 5.61. The number of hydrogen-bond acceptors (Lipinski definition) is 3. The average Bonchev–Trinajstić information content (AvgIpc) is 3.01. The van der Waals surface area contributed by atoms with Gasteiger partial charge in [-0.3, -0.25) is 14.6 Å². The fourth-order valence-electron chi connectivity index (χ4n) is 3.11. The van der Waals surface area contributed by atoms with Gasteiger partial charge in [-0.2, -0.15) is 0 Å². The molecule has 1 saturated heterocycles. The third-order valence-electron chi connectivity index (χ3n) is 4.55. The van der Waals surface area contributed by atoms with Crippen molar-refractivity contribution in [1.82, 2.24) is 0 Å². The number of aryl methyl sites for hydroxylation is 2. The highest BCUT2D eigenvalue weighted by atomic mass is 79.9. The van der Waals surface area contributed by atoms with E-state index in [-0.39, 0.29) is 12.0 Å². The molecule has 136 valence electrons. The number of nitrogens with zero attached hydrogens (tertiary/aromatic N) is 2. The van der Waals surface area contributed by atoms with Crippen LogP contribution in [-0.4, -0.2) is 32.2 Å². The summed E-state index contributed by atoms with van der Waals surface area (Å²) in [5.74, 6) is -0.218. The normalized spacial score (nSPS) is 14.0. The Morgan fingerprint density at radius 3 is 2.46 bits per heavy atom. The number of anilines is 2. The van der Waals surface area contributed by atoms with Crippen LogP contribution in [0.1, 0.15) is 17.5 Å². The molecular weight excluding hydrogens is 396 g/mol. The molecule has 1 fully saturated rings. The van der Waals surface area contributed by atoms with Gasteiger partial charge in [0.2, 0.25) is 0 Å². The fraction of sp³-hybridized carbons (Fsp3) is 0.300. The number of urea groups is 1. The number of halogens is 1. The molecule has 2 aromatic rings. The van der Waals surface area contributed by atoms with Gasteiger partial charge in [-0.15, -0.1) is 0 Å². The summed E-state index contributed by atoms with van der Waals surface area (Å²) in [6, 6.07) is 13.7. The first-order valence-electron chi connectivity index (χ1n) is 8.50. The smallest absolute Gasteiger partial charge is 0.329 e. The Labute approximate surface area is 161 Å². The molecule has 1 aliphatic heterocycles. The summed E-state index contributed by atoms with van der Waals surface area (Å²) in [5.41, 5.74) is 3.92. The molecule has 0 unspecified atom stereocenters. The van der Waals surface area contributed by atoms with Gasteiger partial charge in [-0.25, -0.2) is 4.79 Å². The van der Waals surface area contributed by atoms with Crippen molar-refractivity contribution in [2.24, 2.45) is 0 Å². The second kappa shape index (κ2) is 7.91. The van der Waals surface area contributed by atoms with Crippen LogP contribution in [0.15, 0.2) is 46.9 Å². The molecule has 0 spiro atoms. The van der Waals surface area contributed by atoms with Crippen molar-refractivity contribution in [3.63, 3.8) is 0 Å². The van der Waals surface area contributed by atoms with Crippen LogP contribution in [0.2, 0.25) is 0 Å². The van der Waals surface area contributed by atoms with Crippen LogP contribution in [0.3, 0.4) is 0 Å². The van der Waals surface area contributed by atoms with Crippen LogP contribution in [0.4, 0.5) is 16.2 Å².